The molecule has 0 aromatic carbocycles. The largest absolute Gasteiger partial charge is 0.388 e. The first kappa shape index (κ1) is 19.0. The molecule has 8 unspecified atom stereocenters. The zero-order chi connectivity index (χ0) is 17.0. The van der Waals surface area contributed by atoms with Crippen LogP contribution in [0.1, 0.15) is 19.8 Å². The minimum absolute atomic E-state index is 0.0692. The second kappa shape index (κ2) is 8.65. The van der Waals surface area contributed by atoms with E-state index in [1.54, 1.807) is 0 Å². The molecular formula is C14H26O9. The highest BCUT2D eigenvalue weighted by Crippen LogP contribution is 2.24. The lowest BCUT2D eigenvalue weighted by molar-refractivity contribution is -0.328. The minimum Gasteiger partial charge on any atom is -0.388 e. The molecule has 2 heterocycles. The highest BCUT2D eigenvalue weighted by molar-refractivity contribution is 4.87. The molecule has 9 heteroatoms. The Hall–Kier alpha value is -0.360. The molecule has 8 atom stereocenters. The van der Waals surface area contributed by atoms with E-state index in [1.165, 1.54) is 0 Å². The van der Waals surface area contributed by atoms with Gasteiger partial charge >= 0.3 is 0 Å². The van der Waals surface area contributed by atoms with Crippen LogP contribution in [0, 0.1) is 0 Å². The fourth-order valence-corrected chi connectivity index (χ4v) is 2.45. The van der Waals surface area contributed by atoms with Crippen LogP contribution in [0.4, 0.5) is 0 Å². The van der Waals surface area contributed by atoms with Crippen molar-refractivity contribution in [2.75, 3.05) is 19.8 Å². The highest BCUT2D eigenvalue weighted by Gasteiger charge is 2.44. The van der Waals surface area contributed by atoms with Crippen LogP contribution in [0.25, 0.3) is 0 Å². The normalized spacial score (nSPS) is 45.1. The van der Waals surface area contributed by atoms with Crippen molar-refractivity contribution in [1.29, 1.82) is 0 Å². The van der Waals surface area contributed by atoms with E-state index in [-0.39, 0.29) is 13.2 Å². The number of ether oxygens (including phenoxy) is 4. The number of unbranched alkanes of at least 4 members (excludes halogenated alkanes) is 1. The molecule has 2 aliphatic rings. The van der Waals surface area contributed by atoms with Gasteiger partial charge in [0.2, 0.25) is 0 Å². The van der Waals surface area contributed by atoms with Crippen LogP contribution >= 0.6 is 0 Å². The molecule has 5 N–H and O–H groups in total. The van der Waals surface area contributed by atoms with E-state index in [9.17, 15) is 25.5 Å². The average molecular weight is 338 g/mol. The SMILES string of the molecule is CCCCOC1OCC(OC2OCC(O)C(O)C2O)C(O)C1O. The molecule has 9 nitrogen and oxygen atoms in total. The predicted octanol–water partition coefficient (Wildman–Crippen LogP) is -2.29. The van der Waals surface area contributed by atoms with E-state index >= 15 is 0 Å². The fraction of sp³-hybridized carbons (Fsp3) is 1.00. The molecule has 0 spiro atoms. The summed E-state index contributed by atoms with van der Waals surface area (Å²) in [5, 5.41) is 48.9. The van der Waals surface area contributed by atoms with Gasteiger partial charge in [0, 0.05) is 6.61 Å². The number of rotatable bonds is 6. The average Bonchev–Trinajstić information content (AvgIpc) is 2.54. The summed E-state index contributed by atoms with van der Waals surface area (Å²) >= 11 is 0. The molecule has 0 amide bonds. The maximum absolute atomic E-state index is 10.1. The molecule has 2 saturated heterocycles. The van der Waals surface area contributed by atoms with Gasteiger partial charge in [-0.15, -0.1) is 0 Å². The topological polar surface area (TPSA) is 138 Å². The Morgan fingerprint density at radius 3 is 2.22 bits per heavy atom. The molecule has 2 aliphatic heterocycles. The quantitative estimate of drug-likeness (QED) is 0.339. The second-order valence-electron chi connectivity index (χ2n) is 5.83. The fourth-order valence-electron chi connectivity index (χ4n) is 2.45. The van der Waals surface area contributed by atoms with Gasteiger partial charge in [-0.2, -0.15) is 0 Å². The van der Waals surface area contributed by atoms with Gasteiger partial charge in [-0.1, -0.05) is 13.3 Å². The van der Waals surface area contributed by atoms with Crippen LogP contribution in [0.15, 0.2) is 0 Å². The molecule has 0 aromatic heterocycles. The number of hydrogen-bond donors (Lipinski definition) is 5. The van der Waals surface area contributed by atoms with Gasteiger partial charge in [0.25, 0.3) is 0 Å². The van der Waals surface area contributed by atoms with Crippen LogP contribution in [0.3, 0.4) is 0 Å². The van der Waals surface area contributed by atoms with Crippen molar-refractivity contribution in [3.63, 3.8) is 0 Å². The molecule has 0 aromatic rings. The first-order chi connectivity index (χ1) is 11.0. The van der Waals surface area contributed by atoms with Crippen molar-refractivity contribution in [3.8, 4) is 0 Å². The molecule has 0 aliphatic carbocycles. The van der Waals surface area contributed by atoms with E-state index in [2.05, 4.69) is 0 Å². The van der Waals surface area contributed by atoms with Crippen molar-refractivity contribution >= 4 is 0 Å². The van der Waals surface area contributed by atoms with E-state index in [4.69, 9.17) is 18.9 Å². The molecule has 2 fully saturated rings. The van der Waals surface area contributed by atoms with Crippen molar-refractivity contribution in [3.05, 3.63) is 0 Å². The number of aliphatic hydroxyl groups is 5. The molecule has 0 bridgehead atoms. The monoisotopic (exact) mass is 338 g/mol. The summed E-state index contributed by atoms with van der Waals surface area (Å²) in [6.45, 7) is 2.13. The summed E-state index contributed by atoms with van der Waals surface area (Å²) in [6, 6.07) is 0. The minimum atomic E-state index is -1.47. The third-order valence-electron chi connectivity index (χ3n) is 3.98. The lowest BCUT2D eigenvalue weighted by atomic mass is 10.0. The van der Waals surface area contributed by atoms with E-state index < -0.39 is 49.2 Å². The summed E-state index contributed by atoms with van der Waals surface area (Å²) in [4.78, 5) is 0. The molecule has 2 rings (SSSR count). The zero-order valence-corrected chi connectivity index (χ0v) is 13.0. The molecule has 136 valence electrons. The smallest absolute Gasteiger partial charge is 0.186 e. The highest BCUT2D eigenvalue weighted by atomic mass is 16.7. The van der Waals surface area contributed by atoms with Gasteiger partial charge < -0.3 is 44.5 Å². The van der Waals surface area contributed by atoms with E-state index in [0.29, 0.717) is 6.61 Å². The van der Waals surface area contributed by atoms with Crippen molar-refractivity contribution in [2.24, 2.45) is 0 Å². The van der Waals surface area contributed by atoms with Gasteiger partial charge in [-0.05, 0) is 6.42 Å². The standard InChI is InChI=1S/C14H26O9/c1-2-3-4-20-13-12(19)10(17)8(6-22-13)23-14-11(18)9(16)7(15)5-21-14/h7-19H,2-6H2,1H3. The Morgan fingerprint density at radius 2 is 1.52 bits per heavy atom. The third-order valence-corrected chi connectivity index (χ3v) is 3.98. The summed E-state index contributed by atoms with van der Waals surface area (Å²) in [6.07, 6.45) is -8.09. The first-order valence-corrected chi connectivity index (χ1v) is 7.86. The summed E-state index contributed by atoms with van der Waals surface area (Å²) < 4.78 is 21.2. The third kappa shape index (κ3) is 4.59. The predicted molar refractivity (Wildman–Crippen MR) is 75.2 cm³/mol. The Morgan fingerprint density at radius 1 is 0.870 bits per heavy atom. The van der Waals surface area contributed by atoms with Crippen LogP contribution < -0.4 is 0 Å². The van der Waals surface area contributed by atoms with Crippen molar-refractivity contribution < 1.29 is 44.5 Å². The lowest BCUT2D eigenvalue weighted by Gasteiger charge is -2.41. The van der Waals surface area contributed by atoms with Gasteiger partial charge in [-0.25, -0.2) is 0 Å². The molecule has 0 saturated carbocycles. The van der Waals surface area contributed by atoms with Gasteiger partial charge in [0.15, 0.2) is 12.6 Å². The summed E-state index contributed by atoms with van der Waals surface area (Å²) in [5.74, 6) is 0. The molecule has 0 radical (unpaired) electrons. The van der Waals surface area contributed by atoms with Crippen molar-refractivity contribution in [1.82, 2.24) is 0 Å². The van der Waals surface area contributed by atoms with Crippen LogP contribution in [0.2, 0.25) is 0 Å². The maximum atomic E-state index is 10.1. The van der Waals surface area contributed by atoms with Crippen LogP contribution in [-0.2, 0) is 18.9 Å². The van der Waals surface area contributed by atoms with E-state index in [1.807, 2.05) is 6.92 Å². The Balaban J connectivity index is 1.85. The summed E-state index contributed by atoms with van der Waals surface area (Å²) in [5.41, 5.74) is 0. The van der Waals surface area contributed by atoms with Gasteiger partial charge in [0.05, 0.1) is 13.2 Å². The number of hydrogen-bond acceptors (Lipinski definition) is 9. The second-order valence-corrected chi connectivity index (χ2v) is 5.83. The molecule has 23 heavy (non-hydrogen) atoms. The van der Waals surface area contributed by atoms with E-state index in [0.717, 1.165) is 12.8 Å². The van der Waals surface area contributed by atoms with Crippen molar-refractivity contribution in [2.45, 2.75) is 69.0 Å². The maximum Gasteiger partial charge on any atom is 0.186 e. The summed E-state index contributed by atoms with van der Waals surface area (Å²) in [7, 11) is 0. The van der Waals surface area contributed by atoms with Crippen LogP contribution in [0.5, 0.6) is 0 Å². The zero-order valence-electron chi connectivity index (χ0n) is 13.0. The van der Waals surface area contributed by atoms with Gasteiger partial charge in [0.1, 0.15) is 36.6 Å². The Bertz CT molecular complexity index is 355. The Kier molecular flexibility index (Phi) is 7.14. The Labute approximate surface area is 134 Å². The first-order valence-electron chi connectivity index (χ1n) is 7.86. The van der Waals surface area contributed by atoms with Crippen LogP contribution in [-0.4, -0.2) is 94.6 Å². The lowest BCUT2D eigenvalue weighted by Crippen LogP contribution is -2.59. The molecular weight excluding hydrogens is 312 g/mol. The number of aliphatic hydroxyl groups excluding tert-OH is 5. The van der Waals surface area contributed by atoms with Gasteiger partial charge in [-0.3, -0.25) is 0 Å².